The molecule has 1 N–H and O–H groups in total. The van der Waals surface area contributed by atoms with E-state index in [9.17, 15) is 0 Å². The normalized spacial score (nSPS) is 14.6. The van der Waals surface area contributed by atoms with Crippen LogP contribution >= 0.6 is 0 Å². The van der Waals surface area contributed by atoms with E-state index >= 15 is 0 Å². The van der Waals surface area contributed by atoms with Crippen molar-refractivity contribution in [1.29, 1.82) is 0 Å². The molecule has 0 radical (unpaired) electrons. The van der Waals surface area contributed by atoms with Gasteiger partial charge in [0.2, 0.25) is 0 Å². The lowest BCUT2D eigenvalue weighted by Crippen LogP contribution is -2.26. The average Bonchev–Trinajstić information content (AvgIpc) is 2.30. The maximum Gasteiger partial charge on any atom is -0.00206 e. The molecule has 0 aromatic heterocycles. The summed E-state index contributed by atoms with van der Waals surface area (Å²) in [7, 11) is 0. The molecule has 0 aliphatic heterocycles. The first-order chi connectivity index (χ1) is 8.04. The Labute approximate surface area is 107 Å². The molecule has 1 nitrogen and oxygen atoms in total. The molecular formula is C16H27N. The van der Waals surface area contributed by atoms with Crippen LogP contribution in [0.2, 0.25) is 0 Å². The Hall–Kier alpha value is -0.820. The molecule has 2 unspecified atom stereocenters. The zero-order valence-corrected chi connectivity index (χ0v) is 12.0. The number of benzene rings is 1. The first-order valence-corrected chi connectivity index (χ1v) is 6.81. The number of aryl methyl sites for hydroxylation is 2. The predicted molar refractivity (Wildman–Crippen MR) is 76.5 cm³/mol. The van der Waals surface area contributed by atoms with Crippen molar-refractivity contribution >= 4 is 0 Å². The van der Waals surface area contributed by atoms with Crippen molar-refractivity contribution in [3.8, 4) is 0 Å². The van der Waals surface area contributed by atoms with E-state index in [4.69, 9.17) is 0 Å². The Bertz CT molecular complexity index is 343. The highest BCUT2D eigenvalue weighted by atomic mass is 14.8. The van der Waals surface area contributed by atoms with Gasteiger partial charge in [-0.05, 0) is 56.3 Å². The van der Waals surface area contributed by atoms with Crippen LogP contribution in [0.3, 0.4) is 0 Å². The highest BCUT2D eigenvalue weighted by Crippen LogP contribution is 2.20. The van der Waals surface area contributed by atoms with Gasteiger partial charge in [-0.2, -0.15) is 0 Å². The average molecular weight is 233 g/mol. The highest BCUT2D eigenvalue weighted by Gasteiger charge is 2.13. The van der Waals surface area contributed by atoms with Gasteiger partial charge in [-0.1, -0.05) is 44.5 Å². The van der Waals surface area contributed by atoms with Crippen molar-refractivity contribution < 1.29 is 0 Å². The third-order valence-corrected chi connectivity index (χ3v) is 3.73. The van der Waals surface area contributed by atoms with Gasteiger partial charge >= 0.3 is 0 Å². The van der Waals surface area contributed by atoms with E-state index < -0.39 is 0 Å². The molecule has 0 aliphatic carbocycles. The van der Waals surface area contributed by atoms with Gasteiger partial charge in [0, 0.05) is 0 Å². The van der Waals surface area contributed by atoms with E-state index in [2.05, 4.69) is 58.1 Å². The standard InChI is InChI=1S/C16H27N/c1-6-17-11-15(5)14(4)10-16-9-12(2)7-8-13(16)3/h7-9,14-15,17H,6,10-11H2,1-5H3. The molecule has 0 fully saturated rings. The van der Waals surface area contributed by atoms with Crippen LogP contribution in [0.5, 0.6) is 0 Å². The van der Waals surface area contributed by atoms with Gasteiger partial charge in [-0.25, -0.2) is 0 Å². The zero-order chi connectivity index (χ0) is 12.8. The van der Waals surface area contributed by atoms with Crippen LogP contribution in [-0.4, -0.2) is 13.1 Å². The first kappa shape index (κ1) is 14.2. The lowest BCUT2D eigenvalue weighted by Gasteiger charge is -2.21. The van der Waals surface area contributed by atoms with Crippen LogP contribution < -0.4 is 5.32 Å². The fourth-order valence-electron chi connectivity index (χ4n) is 2.14. The lowest BCUT2D eigenvalue weighted by atomic mass is 9.87. The third-order valence-electron chi connectivity index (χ3n) is 3.73. The molecule has 2 atom stereocenters. The Balaban J connectivity index is 2.60. The summed E-state index contributed by atoms with van der Waals surface area (Å²) < 4.78 is 0. The maximum atomic E-state index is 3.44. The van der Waals surface area contributed by atoms with E-state index in [1.165, 1.54) is 23.1 Å². The molecule has 0 aliphatic rings. The topological polar surface area (TPSA) is 12.0 Å². The van der Waals surface area contributed by atoms with Crippen LogP contribution in [0.4, 0.5) is 0 Å². The van der Waals surface area contributed by atoms with Crippen molar-refractivity contribution in [1.82, 2.24) is 5.32 Å². The van der Waals surface area contributed by atoms with Gasteiger partial charge < -0.3 is 5.32 Å². The molecule has 0 heterocycles. The minimum Gasteiger partial charge on any atom is -0.317 e. The van der Waals surface area contributed by atoms with Gasteiger partial charge in [0.05, 0.1) is 0 Å². The van der Waals surface area contributed by atoms with Crippen molar-refractivity contribution in [2.75, 3.05) is 13.1 Å². The van der Waals surface area contributed by atoms with Crippen molar-refractivity contribution in [2.24, 2.45) is 11.8 Å². The summed E-state index contributed by atoms with van der Waals surface area (Å²) in [6.45, 7) is 13.5. The van der Waals surface area contributed by atoms with Gasteiger partial charge in [0.1, 0.15) is 0 Å². The first-order valence-electron chi connectivity index (χ1n) is 6.81. The Morgan fingerprint density at radius 2 is 1.82 bits per heavy atom. The molecule has 0 spiro atoms. The lowest BCUT2D eigenvalue weighted by molar-refractivity contribution is 0.368. The molecule has 1 aromatic carbocycles. The number of nitrogens with one attached hydrogen (secondary N) is 1. The fourth-order valence-corrected chi connectivity index (χ4v) is 2.14. The zero-order valence-electron chi connectivity index (χ0n) is 12.0. The Morgan fingerprint density at radius 3 is 2.47 bits per heavy atom. The quantitative estimate of drug-likeness (QED) is 0.789. The summed E-state index contributed by atoms with van der Waals surface area (Å²) in [5.74, 6) is 1.46. The highest BCUT2D eigenvalue weighted by molar-refractivity contribution is 5.30. The molecule has 1 rings (SSSR count). The van der Waals surface area contributed by atoms with Crippen LogP contribution in [-0.2, 0) is 6.42 Å². The van der Waals surface area contributed by atoms with Gasteiger partial charge in [0.15, 0.2) is 0 Å². The summed E-state index contributed by atoms with van der Waals surface area (Å²) in [5.41, 5.74) is 4.32. The van der Waals surface area contributed by atoms with E-state index in [0.29, 0.717) is 0 Å². The largest absolute Gasteiger partial charge is 0.317 e. The van der Waals surface area contributed by atoms with Gasteiger partial charge in [-0.15, -0.1) is 0 Å². The SMILES string of the molecule is CCNCC(C)C(C)Cc1cc(C)ccc1C. The van der Waals surface area contributed by atoms with E-state index in [-0.39, 0.29) is 0 Å². The number of hydrogen-bond donors (Lipinski definition) is 1. The van der Waals surface area contributed by atoms with Crippen molar-refractivity contribution in [2.45, 2.75) is 41.0 Å². The van der Waals surface area contributed by atoms with E-state index in [1.54, 1.807) is 0 Å². The smallest absolute Gasteiger partial charge is 0.00206 e. The molecular weight excluding hydrogens is 206 g/mol. The molecule has 17 heavy (non-hydrogen) atoms. The van der Waals surface area contributed by atoms with Gasteiger partial charge in [-0.3, -0.25) is 0 Å². The van der Waals surface area contributed by atoms with Crippen LogP contribution in [0.25, 0.3) is 0 Å². The molecule has 1 aromatic rings. The monoisotopic (exact) mass is 233 g/mol. The van der Waals surface area contributed by atoms with Crippen LogP contribution in [0.15, 0.2) is 18.2 Å². The maximum absolute atomic E-state index is 3.44. The second-order valence-electron chi connectivity index (χ2n) is 5.40. The summed E-state index contributed by atoms with van der Waals surface area (Å²) in [5, 5.41) is 3.44. The second-order valence-corrected chi connectivity index (χ2v) is 5.40. The third kappa shape index (κ3) is 4.51. The molecule has 0 bridgehead atoms. The number of rotatable bonds is 6. The molecule has 96 valence electrons. The summed E-state index contributed by atoms with van der Waals surface area (Å²) in [6, 6.07) is 6.78. The molecule has 0 amide bonds. The number of hydrogen-bond acceptors (Lipinski definition) is 1. The Morgan fingerprint density at radius 1 is 1.12 bits per heavy atom. The van der Waals surface area contributed by atoms with Crippen LogP contribution in [0, 0.1) is 25.7 Å². The minimum atomic E-state index is 0.731. The van der Waals surface area contributed by atoms with Gasteiger partial charge in [0.25, 0.3) is 0 Å². The Kier molecular flexibility index (Phi) is 5.70. The van der Waals surface area contributed by atoms with Crippen molar-refractivity contribution in [3.63, 3.8) is 0 Å². The molecule has 1 heteroatoms. The predicted octanol–water partition coefficient (Wildman–Crippen LogP) is 3.73. The van der Waals surface area contributed by atoms with Crippen LogP contribution in [0.1, 0.15) is 37.5 Å². The summed E-state index contributed by atoms with van der Waals surface area (Å²) >= 11 is 0. The second kappa shape index (κ2) is 6.80. The molecule has 0 saturated heterocycles. The van der Waals surface area contributed by atoms with E-state index in [0.717, 1.165) is 24.9 Å². The molecule has 0 saturated carbocycles. The minimum absolute atomic E-state index is 0.731. The summed E-state index contributed by atoms with van der Waals surface area (Å²) in [6.07, 6.45) is 1.19. The van der Waals surface area contributed by atoms with Crippen molar-refractivity contribution in [3.05, 3.63) is 34.9 Å². The summed E-state index contributed by atoms with van der Waals surface area (Å²) in [4.78, 5) is 0. The van der Waals surface area contributed by atoms with E-state index in [1.807, 2.05) is 0 Å². The fraction of sp³-hybridized carbons (Fsp3) is 0.625.